The van der Waals surface area contributed by atoms with E-state index in [9.17, 15) is 0 Å². The molecule has 1 saturated heterocycles. The maximum Gasteiger partial charge on any atom is 0.153 e. The van der Waals surface area contributed by atoms with Gasteiger partial charge in [-0.3, -0.25) is 5.10 Å². The Morgan fingerprint density at radius 3 is 2.69 bits per heavy atom. The molecule has 1 saturated carbocycles. The summed E-state index contributed by atoms with van der Waals surface area (Å²) in [4.78, 5) is 4.72. The minimum atomic E-state index is 0.530. The predicted molar refractivity (Wildman–Crippen MR) is 62.4 cm³/mol. The summed E-state index contributed by atoms with van der Waals surface area (Å²) in [7, 11) is 0. The first kappa shape index (κ1) is 10.3. The van der Waals surface area contributed by atoms with Crippen LogP contribution in [0.4, 0.5) is 0 Å². The molecule has 0 spiro atoms. The standard InChI is InChI=1S/C12H20N4/c1-8-10(6-7-13-8)12-14-11(15-16-12)9-4-2-3-5-9/h8-10,13H,2-7H2,1H3,(H,14,15,16). The van der Waals surface area contributed by atoms with E-state index in [1.54, 1.807) is 0 Å². The van der Waals surface area contributed by atoms with Gasteiger partial charge in [-0.1, -0.05) is 12.8 Å². The van der Waals surface area contributed by atoms with Crippen LogP contribution in [-0.2, 0) is 0 Å². The second-order valence-corrected chi connectivity index (χ2v) is 5.20. The number of hydrogen-bond donors (Lipinski definition) is 2. The Morgan fingerprint density at radius 2 is 2.00 bits per heavy atom. The maximum absolute atomic E-state index is 4.72. The quantitative estimate of drug-likeness (QED) is 0.800. The molecule has 2 unspecified atom stereocenters. The van der Waals surface area contributed by atoms with Crippen molar-refractivity contribution in [2.75, 3.05) is 6.54 Å². The van der Waals surface area contributed by atoms with Crippen molar-refractivity contribution < 1.29 is 0 Å². The van der Waals surface area contributed by atoms with Crippen molar-refractivity contribution in [1.29, 1.82) is 0 Å². The van der Waals surface area contributed by atoms with Gasteiger partial charge in [-0.2, -0.15) is 5.10 Å². The molecule has 1 aromatic rings. The predicted octanol–water partition coefficient (Wildman–Crippen LogP) is 1.93. The summed E-state index contributed by atoms with van der Waals surface area (Å²) in [6.07, 6.45) is 6.41. The molecule has 4 heteroatoms. The van der Waals surface area contributed by atoms with Crippen molar-refractivity contribution in [3.63, 3.8) is 0 Å². The molecule has 0 radical (unpaired) electrons. The average Bonchev–Trinajstić information content (AvgIpc) is 2.96. The minimum Gasteiger partial charge on any atom is -0.314 e. The van der Waals surface area contributed by atoms with Gasteiger partial charge in [0.05, 0.1) is 0 Å². The van der Waals surface area contributed by atoms with Crippen molar-refractivity contribution in [1.82, 2.24) is 20.5 Å². The van der Waals surface area contributed by atoms with E-state index in [0.29, 0.717) is 17.9 Å². The molecule has 4 nitrogen and oxygen atoms in total. The number of rotatable bonds is 2. The molecule has 0 bridgehead atoms. The fourth-order valence-electron chi connectivity index (χ4n) is 3.05. The van der Waals surface area contributed by atoms with Gasteiger partial charge < -0.3 is 5.32 Å². The smallest absolute Gasteiger partial charge is 0.153 e. The van der Waals surface area contributed by atoms with Crippen LogP contribution in [0.1, 0.15) is 62.5 Å². The number of aromatic amines is 1. The molecule has 0 aromatic carbocycles. The molecular weight excluding hydrogens is 200 g/mol. The van der Waals surface area contributed by atoms with E-state index >= 15 is 0 Å². The Morgan fingerprint density at radius 1 is 1.19 bits per heavy atom. The van der Waals surface area contributed by atoms with Crippen molar-refractivity contribution >= 4 is 0 Å². The Labute approximate surface area is 96.2 Å². The van der Waals surface area contributed by atoms with Gasteiger partial charge in [0, 0.05) is 17.9 Å². The Balaban J connectivity index is 1.76. The highest BCUT2D eigenvalue weighted by molar-refractivity contribution is 5.07. The second-order valence-electron chi connectivity index (χ2n) is 5.20. The monoisotopic (exact) mass is 220 g/mol. The SMILES string of the molecule is CC1NCCC1c1nc(C2CCCC2)n[nH]1. The van der Waals surface area contributed by atoms with Crippen LogP contribution in [0.15, 0.2) is 0 Å². The lowest BCUT2D eigenvalue weighted by molar-refractivity contribution is 0.568. The summed E-state index contributed by atoms with van der Waals surface area (Å²) < 4.78 is 0. The highest BCUT2D eigenvalue weighted by Crippen LogP contribution is 2.33. The topological polar surface area (TPSA) is 53.6 Å². The number of H-pyrrole nitrogens is 1. The molecule has 88 valence electrons. The molecule has 1 aromatic heterocycles. The van der Waals surface area contributed by atoms with Gasteiger partial charge in [0.25, 0.3) is 0 Å². The summed E-state index contributed by atoms with van der Waals surface area (Å²) in [6.45, 7) is 3.33. The average molecular weight is 220 g/mol. The molecule has 2 heterocycles. The van der Waals surface area contributed by atoms with E-state index in [0.717, 1.165) is 18.2 Å². The molecule has 2 atom stereocenters. The van der Waals surface area contributed by atoms with E-state index in [4.69, 9.17) is 4.98 Å². The van der Waals surface area contributed by atoms with E-state index in [2.05, 4.69) is 22.4 Å². The van der Waals surface area contributed by atoms with Gasteiger partial charge in [0.15, 0.2) is 5.82 Å². The van der Waals surface area contributed by atoms with Gasteiger partial charge >= 0.3 is 0 Å². The van der Waals surface area contributed by atoms with Crippen molar-refractivity contribution in [2.24, 2.45) is 0 Å². The minimum absolute atomic E-state index is 0.530. The lowest BCUT2D eigenvalue weighted by atomic mass is 10.0. The zero-order valence-electron chi connectivity index (χ0n) is 9.87. The molecule has 2 aliphatic rings. The number of nitrogens with zero attached hydrogens (tertiary/aromatic N) is 2. The second kappa shape index (κ2) is 4.17. The van der Waals surface area contributed by atoms with Crippen molar-refractivity contribution in [3.8, 4) is 0 Å². The largest absolute Gasteiger partial charge is 0.314 e. The highest BCUT2D eigenvalue weighted by atomic mass is 15.2. The van der Waals surface area contributed by atoms with Crippen LogP contribution >= 0.6 is 0 Å². The van der Waals surface area contributed by atoms with Crippen LogP contribution < -0.4 is 5.32 Å². The van der Waals surface area contributed by atoms with Gasteiger partial charge in [0.2, 0.25) is 0 Å². The van der Waals surface area contributed by atoms with Crippen LogP contribution in [0.3, 0.4) is 0 Å². The van der Waals surface area contributed by atoms with E-state index < -0.39 is 0 Å². The fourth-order valence-corrected chi connectivity index (χ4v) is 3.05. The summed E-state index contributed by atoms with van der Waals surface area (Å²) in [5, 5.41) is 11.0. The first-order chi connectivity index (χ1) is 7.84. The summed E-state index contributed by atoms with van der Waals surface area (Å²) >= 11 is 0. The lowest BCUT2D eigenvalue weighted by Crippen LogP contribution is -2.22. The highest BCUT2D eigenvalue weighted by Gasteiger charge is 2.29. The third kappa shape index (κ3) is 1.75. The first-order valence-electron chi connectivity index (χ1n) is 6.50. The zero-order chi connectivity index (χ0) is 11.0. The zero-order valence-corrected chi connectivity index (χ0v) is 9.87. The normalized spacial score (nSPS) is 31.3. The Hall–Kier alpha value is -0.900. The maximum atomic E-state index is 4.72. The van der Waals surface area contributed by atoms with Crippen molar-refractivity contribution in [3.05, 3.63) is 11.6 Å². The van der Waals surface area contributed by atoms with E-state index in [1.165, 1.54) is 32.1 Å². The van der Waals surface area contributed by atoms with Crippen LogP contribution in [0.2, 0.25) is 0 Å². The van der Waals surface area contributed by atoms with Gasteiger partial charge in [-0.25, -0.2) is 4.98 Å². The molecule has 1 aliphatic carbocycles. The molecule has 16 heavy (non-hydrogen) atoms. The number of hydrogen-bond acceptors (Lipinski definition) is 3. The molecule has 1 aliphatic heterocycles. The fraction of sp³-hybridized carbons (Fsp3) is 0.833. The van der Waals surface area contributed by atoms with Gasteiger partial charge in [-0.05, 0) is 32.7 Å². The molecular formula is C12H20N4. The van der Waals surface area contributed by atoms with Crippen LogP contribution in [0, 0.1) is 0 Å². The van der Waals surface area contributed by atoms with E-state index in [1.807, 2.05) is 0 Å². The molecule has 3 rings (SSSR count). The number of aromatic nitrogens is 3. The summed E-state index contributed by atoms with van der Waals surface area (Å²) in [5.74, 6) is 3.31. The molecule has 2 fully saturated rings. The lowest BCUT2D eigenvalue weighted by Gasteiger charge is -2.10. The Kier molecular flexibility index (Phi) is 2.67. The van der Waals surface area contributed by atoms with Gasteiger partial charge in [-0.15, -0.1) is 0 Å². The Bertz CT molecular complexity index is 354. The first-order valence-corrected chi connectivity index (χ1v) is 6.50. The van der Waals surface area contributed by atoms with E-state index in [-0.39, 0.29) is 0 Å². The van der Waals surface area contributed by atoms with Gasteiger partial charge in [0.1, 0.15) is 5.82 Å². The molecule has 2 N–H and O–H groups in total. The van der Waals surface area contributed by atoms with Crippen LogP contribution in [0.25, 0.3) is 0 Å². The summed E-state index contributed by atoms with van der Waals surface area (Å²) in [5.41, 5.74) is 0. The third-order valence-corrected chi connectivity index (χ3v) is 4.12. The molecule has 0 amide bonds. The third-order valence-electron chi connectivity index (χ3n) is 4.12. The summed E-state index contributed by atoms with van der Waals surface area (Å²) in [6, 6.07) is 0.532. The van der Waals surface area contributed by atoms with Crippen LogP contribution in [-0.4, -0.2) is 27.8 Å². The number of nitrogens with one attached hydrogen (secondary N) is 2. The van der Waals surface area contributed by atoms with Crippen molar-refractivity contribution in [2.45, 2.75) is 56.9 Å². The van der Waals surface area contributed by atoms with Crippen LogP contribution in [0.5, 0.6) is 0 Å².